The van der Waals surface area contributed by atoms with E-state index in [-0.39, 0.29) is 24.6 Å². The maximum atomic E-state index is 13.0. The summed E-state index contributed by atoms with van der Waals surface area (Å²) in [4.78, 5) is 11.2. The van der Waals surface area contributed by atoms with Gasteiger partial charge in [-0.15, -0.1) is 0 Å². The third kappa shape index (κ3) is 8.06. The van der Waals surface area contributed by atoms with Crippen molar-refractivity contribution in [3.8, 4) is 0 Å². The van der Waals surface area contributed by atoms with Crippen molar-refractivity contribution >= 4 is 5.97 Å². The number of esters is 1. The predicted octanol–water partition coefficient (Wildman–Crippen LogP) is 3.16. The molecule has 0 fully saturated rings. The Balaban J connectivity index is 1.88. The van der Waals surface area contributed by atoms with Crippen LogP contribution in [0.4, 0.5) is 4.39 Å². The molecule has 0 aromatic heterocycles. The highest BCUT2D eigenvalue weighted by atomic mass is 19.1. The van der Waals surface area contributed by atoms with E-state index in [1.807, 2.05) is 24.3 Å². The maximum absolute atomic E-state index is 13.0. The number of halogens is 1. The third-order valence-corrected chi connectivity index (χ3v) is 4.91. The van der Waals surface area contributed by atoms with Crippen LogP contribution in [0.5, 0.6) is 0 Å². The van der Waals surface area contributed by atoms with E-state index in [1.54, 1.807) is 18.2 Å². The molecule has 1 aromatic rings. The van der Waals surface area contributed by atoms with Crippen LogP contribution in [-0.4, -0.2) is 46.7 Å². The third-order valence-electron chi connectivity index (χ3n) is 4.91. The van der Waals surface area contributed by atoms with Crippen LogP contribution in [0.15, 0.2) is 71.9 Å². The van der Waals surface area contributed by atoms with Crippen LogP contribution in [0, 0.1) is 5.82 Å². The van der Waals surface area contributed by atoms with Crippen LogP contribution in [-0.2, 0) is 16.0 Å². The topological polar surface area (TPSA) is 87.0 Å². The SMILES string of the molecule is COC(=O)CCC[C@@H](O)C1=CC=CC=C(/C=C/[C@@H](O)[C@@H](O)Cc2ccc(F)cc2)C1. The molecule has 3 N–H and O–H groups in total. The highest BCUT2D eigenvalue weighted by molar-refractivity contribution is 5.69. The zero-order valence-electron chi connectivity index (χ0n) is 17.1. The second-order valence-corrected chi connectivity index (χ2v) is 7.28. The Morgan fingerprint density at radius 2 is 1.87 bits per heavy atom. The Morgan fingerprint density at radius 1 is 1.17 bits per heavy atom. The minimum absolute atomic E-state index is 0.203. The Kier molecular flexibility index (Phi) is 9.67. The van der Waals surface area contributed by atoms with Crippen molar-refractivity contribution in [2.45, 2.75) is 50.4 Å². The molecule has 1 aliphatic rings. The van der Waals surface area contributed by atoms with Gasteiger partial charge in [0, 0.05) is 12.8 Å². The van der Waals surface area contributed by atoms with E-state index >= 15 is 0 Å². The van der Waals surface area contributed by atoms with E-state index in [2.05, 4.69) is 4.74 Å². The molecule has 162 valence electrons. The largest absolute Gasteiger partial charge is 0.469 e. The number of allylic oxidation sites excluding steroid dienone is 6. The predicted molar refractivity (Wildman–Crippen MR) is 113 cm³/mol. The normalized spacial score (nSPS) is 17.1. The molecular weight excluding hydrogens is 387 g/mol. The first kappa shape index (κ1) is 23.7. The summed E-state index contributed by atoms with van der Waals surface area (Å²) in [6.07, 6.45) is 9.79. The number of aliphatic hydroxyl groups is 3. The summed E-state index contributed by atoms with van der Waals surface area (Å²) in [5.74, 6) is -0.646. The van der Waals surface area contributed by atoms with E-state index < -0.39 is 18.3 Å². The van der Waals surface area contributed by atoms with Gasteiger partial charge in [-0.25, -0.2) is 4.39 Å². The zero-order chi connectivity index (χ0) is 21.9. The van der Waals surface area contributed by atoms with Gasteiger partial charge >= 0.3 is 5.97 Å². The molecule has 0 bridgehead atoms. The van der Waals surface area contributed by atoms with Crippen LogP contribution < -0.4 is 0 Å². The number of aliphatic hydroxyl groups excluding tert-OH is 3. The van der Waals surface area contributed by atoms with Crippen LogP contribution in [0.3, 0.4) is 0 Å². The summed E-state index contributed by atoms with van der Waals surface area (Å²) in [5.41, 5.74) is 2.41. The number of carbonyl (C=O) groups excluding carboxylic acids is 1. The van der Waals surface area contributed by atoms with E-state index in [4.69, 9.17) is 0 Å². The highest BCUT2D eigenvalue weighted by Gasteiger charge is 2.16. The minimum Gasteiger partial charge on any atom is -0.469 e. The number of carbonyl (C=O) groups is 1. The van der Waals surface area contributed by atoms with Crippen molar-refractivity contribution in [2.75, 3.05) is 7.11 Å². The first-order valence-corrected chi connectivity index (χ1v) is 9.99. The number of ether oxygens (including phenoxy) is 1. The smallest absolute Gasteiger partial charge is 0.305 e. The lowest BCUT2D eigenvalue weighted by atomic mass is 9.96. The van der Waals surface area contributed by atoms with Gasteiger partial charge in [0.05, 0.1) is 25.4 Å². The molecular formula is C24H29FO5. The number of rotatable bonds is 10. The highest BCUT2D eigenvalue weighted by Crippen LogP contribution is 2.22. The molecule has 0 saturated carbocycles. The molecule has 0 saturated heterocycles. The van der Waals surface area contributed by atoms with Crippen LogP contribution in [0.1, 0.15) is 31.2 Å². The van der Waals surface area contributed by atoms with Crippen molar-refractivity contribution in [3.63, 3.8) is 0 Å². The summed E-state index contributed by atoms with van der Waals surface area (Å²) in [7, 11) is 1.34. The van der Waals surface area contributed by atoms with Gasteiger partial charge in [0.1, 0.15) is 5.82 Å². The van der Waals surface area contributed by atoms with Gasteiger partial charge in [0.2, 0.25) is 0 Å². The molecule has 0 unspecified atom stereocenters. The van der Waals surface area contributed by atoms with Crippen molar-refractivity contribution < 1.29 is 29.2 Å². The molecule has 0 amide bonds. The second-order valence-electron chi connectivity index (χ2n) is 7.28. The maximum Gasteiger partial charge on any atom is 0.305 e. The summed E-state index contributed by atoms with van der Waals surface area (Å²) < 4.78 is 17.6. The molecule has 6 heteroatoms. The van der Waals surface area contributed by atoms with Gasteiger partial charge in [0.25, 0.3) is 0 Å². The van der Waals surface area contributed by atoms with Gasteiger partial charge in [-0.2, -0.15) is 0 Å². The van der Waals surface area contributed by atoms with Gasteiger partial charge in [-0.1, -0.05) is 48.6 Å². The molecule has 0 radical (unpaired) electrons. The summed E-state index contributed by atoms with van der Waals surface area (Å²) >= 11 is 0. The summed E-state index contributed by atoms with van der Waals surface area (Å²) in [6, 6.07) is 5.78. The standard InChI is InChI=1S/C24H29FO5/c1-30-24(29)8-4-7-21(26)19-6-3-2-5-17(15-19)11-14-22(27)23(28)16-18-9-12-20(25)13-10-18/h2-3,5-6,9-14,21-23,26-28H,4,7-8,15-16H2,1H3/b14-11+/t21-,22-,23+/m1/s1. The zero-order valence-corrected chi connectivity index (χ0v) is 17.1. The average molecular weight is 416 g/mol. The number of hydrogen-bond donors (Lipinski definition) is 3. The number of hydrogen-bond acceptors (Lipinski definition) is 5. The van der Waals surface area contributed by atoms with E-state index in [0.717, 1.165) is 16.7 Å². The van der Waals surface area contributed by atoms with Crippen LogP contribution in [0.25, 0.3) is 0 Å². The fourth-order valence-corrected chi connectivity index (χ4v) is 3.12. The molecule has 30 heavy (non-hydrogen) atoms. The van der Waals surface area contributed by atoms with E-state index in [0.29, 0.717) is 19.3 Å². The molecule has 1 aromatic carbocycles. The van der Waals surface area contributed by atoms with Crippen LogP contribution >= 0.6 is 0 Å². The molecule has 0 aliphatic heterocycles. The first-order valence-electron chi connectivity index (χ1n) is 9.99. The van der Waals surface area contributed by atoms with Crippen molar-refractivity contribution in [2.24, 2.45) is 0 Å². The Hall–Kier alpha value is -2.54. The molecule has 0 heterocycles. The average Bonchev–Trinajstić information content (AvgIpc) is 2.99. The molecule has 0 spiro atoms. The number of methoxy groups -OCH3 is 1. The Morgan fingerprint density at radius 3 is 2.57 bits per heavy atom. The lowest BCUT2D eigenvalue weighted by Crippen LogP contribution is -2.26. The van der Waals surface area contributed by atoms with Crippen molar-refractivity contribution in [3.05, 3.63) is 83.2 Å². The van der Waals surface area contributed by atoms with Gasteiger partial charge in [0.15, 0.2) is 0 Å². The van der Waals surface area contributed by atoms with E-state index in [9.17, 15) is 24.5 Å². The summed E-state index contributed by atoms with van der Waals surface area (Å²) in [6.45, 7) is 0. The molecule has 5 nitrogen and oxygen atoms in total. The fraction of sp³-hybridized carbons (Fsp3) is 0.375. The lowest BCUT2D eigenvalue weighted by molar-refractivity contribution is -0.140. The quantitative estimate of drug-likeness (QED) is 0.510. The monoisotopic (exact) mass is 416 g/mol. The Labute approximate surface area is 176 Å². The van der Waals surface area contributed by atoms with Crippen molar-refractivity contribution in [1.82, 2.24) is 0 Å². The van der Waals surface area contributed by atoms with Gasteiger partial charge in [-0.3, -0.25) is 4.79 Å². The Bertz CT molecular complexity index is 807. The molecule has 3 atom stereocenters. The minimum atomic E-state index is -1.08. The van der Waals surface area contributed by atoms with Gasteiger partial charge in [-0.05, 0) is 48.1 Å². The van der Waals surface area contributed by atoms with E-state index in [1.165, 1.54) is 25.3 Å². The molecule has 2 rings (SSSR count). The van der Waals surface area contributed by atoms with Crippen LogP contribution in [0.2, 0.25) is 0 Å². The summed E-state index contributed by atoms with van der Waals surface area (Å²) in [5, 5.41) is 30.9. The molecule has 1 aliphatic carbocycles. The lowest BCUT2D eigenvalue weighted by Gasteiger charge is -2.16. The van der Waals surface area contributed by atoms with Crippen molar-refractivity contribution in [1.29, 1.82) is 0 Å². The fourth-order valence-electron chi connectivity index (χ4n) is 3.12. The second kappa shape index (κ2) is 12.2. The first-order chi connectivity index (χ1) is 14.4. The number of benzene rings is 1. The van der Waals surface area contributed by atoms with Gasteiger partial charge < -0.3 is 20.1 Å².